The molecule has 0 spiro atoms. The van der Waals surface area contributed by atoms with Gasteiger partial charge in [0.2, 0.25) is 0 Å². The third-order valence-electron chi connectivity index (χ3n) is 3.37. The molecule has 5 nitrogen and oxygen atoms in total. The van der Waals surface area contributed by atoms with Crippen LogP contribution in [0.3, 0.4) is 0 Å². The molecule has 3 rings (SSSR count). The number of rotatable bonds is 3. The van der Waals surface area contributed by atoms with E-state index < -0.39 is 17.8 Å². The lowest BCUT2D eigenvalue weighted by Crippen LogP contribution is -2.30. The van der Waals surface area contributed by atoms with E-state index in [1.165, 1.54) is 0 Å². The molecule has 0 aromatic heterocycles. The van der Waals surface area contributed by atoms with Gasteiger partial charge in [0, 0.05) is 0 Å². The number of anilines is 1. The van der Waals surface area contributed by atoms with Crippen LogP contribution in [0.25, 0.3) is 0 Å². The summed E-state index contributed by atoms with van der Waals surface area (Å²) in [5, 5.41) is 8.95. The fourth-order valence-electron chi connectivity index (χ4n) is 2.45. The highest BCUT2D eigenvalue weighted by atomic mass is 16.4. The molecule has 0 atom stereocenters. The molecule has 104 valence electrons. The third kappa shape index (κ3) is 2.08. The number of carbonyl (C=O) groups excluding carboxylic acids is 2. The van der Waals surface area contributed by atoms with Gasteiger partial charge in [-0.2, -0.15) is 0 Å². The minimum absolute atomic E-state index is 0.246. The van der Waals surface area contributed by atoms with Crippen LogP contribution in [0.4, 0.5) is 5.69 Å². The van der Waals surface area contributed by atoms with Gasteiger partial charge in [0.25, 0.3) is 11.8 Å². The van der Waals surface area contributed by atoms with Gasteiger partial charge in [-0.15, -0.1) is 0 Å². The van der Waals surface area contributed by atoms with E-state index in [1.807, 2.05) is 0 Å². The third-order valence-corrected chi connectivity index (χ3v) is 3.37. The number of carbonyl (C=O) groups is 3. The van der Waals surface area contributed by atoms with Crippen LogP contribution in [0.1, 0.15) is 26.3 Å². The van der Waals surface area contributed by atoms with Crippen LogP contribution in [0.2, 0.25) is 0 Å². The smallest absolute Gasteiger partial charge is 0.307 e. The van der Waals surface area contributed by atoms with Gasteiger partial charge in [0.05, 0.1) is 23.2 Å². The Morgan fingerprint density at radius 2 is 1.43 bits per heavy atom. The minimum Gasteiger partial charge on any atom is -0.481 e. The van der Waals surface area contributed by atoms with E-state index >= 15 is 0 Å². The second-order valence-electron chi connectivity index (χ2n) is 4.69. The second-order valence-corrected chi connectivity index (χ2v) is 4.69. The number of hydrogen-bond donors (Lipinski definition) is 1. The maximum atomic E-state index is 12.4. The van der Waals surface area contributed by atoms with Crippen molar-refractivity contribution in [1.82, 2.24) is 0 Å². The van der Waals surface area contributed by atoms with Crippen molar-refractivity contribution in [2.75, 3.05) is 4.90 Å². The van der Waals surface area contributed by atoms with E-state index in [-0.39, 0.29) is 6.42 Å². The number of hydrogen-bond acceptors (Lipinski definition) is 3. The van der Waals surface area contributed by atoms with Crippen LogP contribution in [-0.4, -0.2) is 22.9 Å². The first-order valence-corrected chi connectivity index (χ1v) is 6.37. The van der Waals surface area contributed by atoms with Gasteiger partial charge in [-0.1, -0.05) is 30.3 Å². The van der Waals surface area contributed by atoms with E-state index in [4.69, 9.17) is 5.11 Å². The van der Waals surface area contributed by atoms with Crippen molar-refractivity contribution in [2.45, 2.75) is 6.42 Å². The Bertz CT molecular complexity index is 731. The molecular weight excluding hydrogens is 270 g/mol. The molecule has 1 N–H and O–H groups in total. The molecule has 0 aliphatic carbocycles. The summed E-state index contributed by atoms with van der Waals surface area (Å²) in [5.74, 6) is -1.86. The summed E-state index contributed by atoms with van der Waals surface area (Å²) in [5.41, 5.74) is 1.44. The summed E-state index contributed by atoms with van der Waals surface area (Å²) in [6.07, 6.45) is -0.246. The Morgan fingerprint density at radius 3 is 2.00 bits per heavy atom. The fourth-order valence-corrected chi connectivity index (χ4v) is 2.45. The van der Waals surface area contributed by atoms with Crippen LogP contribution in [0.15, 0.2) is 48.5 Å². The SMILES string of the molecule is O=C(O)Cc1ccccc1N1C(=O)c2ccccc2C1=O. The zero-order valence-corrected chi connectivity index (χ0v) is 10.9. The molecule has 2 amide bonds. The van der Waals surface area contributed by atoms with Gasteiger partial charge in [0.15, 0.2) is 0 Å². The Hall–Kier alpha value is -2.95. The summed E-state index contributed by atoms with van der Waals surface area (Å²) in [6, 6.07) is 13.1. The number of imide groups is 1. The molecular formula is C16H11NO4. The molecule has 0 saturated heterocycles. The zero-order valence-electron chi connectivity index (χ0n) is 10.9. The van der Waals surface area contributed by atoms with Crippen LogP contribution in [0.5, 0.6) is 0 Å². The number of amides is 2. The van der Waals surface area contributed by atoms with Gasteiger partial charge < -0.3 is 5.11 Å². The van der Waals surface area contributed by atoms with E-state index in [9.17, 15) is 14.4 Å². The molecule has 0 bridgehead atoms. The van der Waals surface area contributed by atoms with Gasteiger partial charge in [0.1, 0.15) is 0 Å². The van der Waals surface area contributed by atoms with Crippen LogP contribution < -0.4 is 4.90 Å². The van der Waals surface area contributed by atoms with Gasteiger partial charge >= 0.3 is 5.97 Å². The lowest BCUT2D eigenvalue weighted by molar-refractivity contribution is -0.136. The number of aliphatic carboxylic acids is 1. The lowest BCUT2D eigenvalue weighted by atomic mass is 10.1. The minimum atomic E-state index is -1.01. The van der Waals surface area contributed by atoms with Crippen LogP contribution >= 0.6 is 0 Å². The molecule has 1 aliphatic heterocycles. The van der Waals surface area contributed by atoms with Gasteiger partial charge in [-0.25, -0.2) is 4.90 Å². The lowest BCUT2D eigenvalue weighted by Gasteiger charge is -2.17. The van der Waals surface area contributed by atoms with Crippen LogP contribution in [0, 0.1) is 0 Å². The normalized spacial score (nSPS) is 13.4. The zero-order chi connectivity index (χ0) is 15.0. The summed E-state index contributed by atoms with van der Waals surface area (Å²) in [6.45, 7) is 0. The molecule has 5 heteroatoms. The van der Waals surface area contributed by atoms with Crippen molar-refractivity contribution in [1.29, 1.82) is 0 Å². The predicted molar refractivity (Wildman–Crippen MR) is 75.4 cm³/mol. The van der Waals surface area contributed by atoms with E-state index in [1.54, 1.807) is 48.5 Å². The Balaban J connectivity index is 2.09. The molecule has 2 aromatic carbocycles. The second kappa shape index (κ2) is 4.86. The maximum Gasteiger partial charge on any atom is 0.307 e. The fraction of sp³-hybridized carbons (Fsp3) is 0.0625. The molecule has 2 aromatic rings. The largest absolute Gasteiger partial charge is 0.481 e. The Kier molecular flexibility index (Phi) is 3.02. The maximum absolute atomic E-state index is 12.4. The number of para-hydroxylation sites is 1. The standard InChI is InChI=1S/C16H11NO4/c18-14(19)9-10-5-1-4-8-13(10)17-15(20)11-6-2-3-7-12(11)16(17)21/h1-8H,9H2,(H,18,19). The first-order chi connectivity index (χ1) is 10.1. The highest BCUT2D eigenvalue weighted by molar-refractivity contribution is 6.34. The first kappa shape index (κ1) is 13.1. The van der Waals surface area contributed by atoms with E-state index in [2.05, 4.69) is 0 Å². The number of carboxylic acid groups (broad SMARTS) is 1. The molecule has 0 fully saturated rings. The number of nitrogens with zero attached hydrogens (tertiary/aromatic N) is 1. The quantitative estimate of drug-likeness (QED) is 0.874. The van der Waals surface area contributed by atoms with Crippen molar-refractivity contribution in [2.24, 2.45) is 0 Å². The molecule has 0 radical (unpaired) electrons. The average molecular weight is 281 g/mol. The summed E-state index contributed by atoms with van der Waals surface area (Å²) >= 11 is 0. The predicted octanol–water partition coefficient (Wildman–Crippen LogP) is 2.11. The first-order valence-electron chi connectivity index (χ1n) is 6.37. The number of benzene rings is 2. The Morgan fingerprint density at radius 1 is 0.905 bits per heavy atom. The summed E-state index contributed by atoms with van der Waals surface area (Å²) < 4.78 is 0. The molecule has 1 aliphatic rings. The number of fused-ring (bicyclic) bond motifs is 1. The van der Waals surface area contributed by atoms with E-state index in [0.717, 1.165) is 4.90 Å². The summed E-state index contributed by atoms with van der Waals surface area (Å²) in [4.78, 5) is 36.8. The topological polar surface area (TPSA) is 74.7 Å². The summed E-state index contributed by atoms with van der Waals surface area (Å²) in [7, 11) is 0. The average Bonchev–Trinajstić information content (AvgIpc) is 2.72. The Labute approximate surface area is 120 Å². The van der Waals surface area contributed by atoms with Crippen molar-refractivity contribution >= 4 is 23.5 Å². The number of carboxylic acids is 1. The van der Waals surface area contributed by atoms with Crippen molar-refractivity contribution < 1.29 is 19.5 Å². The molecule has 0 unspecified atom stereocenters. The molecule has 0 saturated carbocycles. The monoisotopic (exact) mass is 281 g/mol. The van der Waals surface area contributed by atoms with E-state index in [0.29, 0.717) is 22.4 Å². The van der Waals surface area contributed by atoms with Crippen molar-refractivity contribution in [3.05, 3.63) is 65.2 Å². The molecule has 21 heavy (non-hydrogen) atoms. The van der Waals surface area contributed by atoms with Crippen LogP contribution in [-0.2, 0) is 11.2 Å². The highest BCUT2D eigenvalue weighted by Gasteiger charge is 2.37. The molecule has 1 heterocycles. The van der Waals surface area contributed by atoms with Gasteiger partial charge in [-0.3, -0.25) is 14.4 Å². The highest BCUT2D eigenvalue weighted by Crippen LogP contribution is 2.30. The van der Waals surface area contributed by atoms with Gasteiger partial charge in [-0.05, 0) is 23.8 Å². The van der Waals surface area contributed by atoms with Crippen molar-refractivity contribution in [3.8, 4) is 0 Å². The van der Waals surface area contributed by atoms with Crippen molar-refractivity contribution in [3.63, 3.8) is 0 Å².